The van der Waals surface area contributed by atoms with Gasteiger partial charge < -0.3 is 5.32 Å². The molecule has 3 nitrogen and oxygen atoms in total. The lowest BCUT2D eigenvalue weighted by Crippen LogP contribution is -2.08. The summed E-state index contributed by atoms with van der Waals surface area (Å²) in [5, 5.41) is 3.88. The zero-order valence-electron chi connectivity index (χ0n) is 11.4. The highest BCUT2D eigenvalue weighted by molar-refractivity contribution is 7.12. The molecule has 19 heavy (non-hydrogen) atoms. The van der Waals surface area contributed by atoms with Crippen LogP contribution in [0.4, 0.5) is 5.82 Å². The molecule has 2 heterocycles. The number of thiophene rings is 1. The highest BCUT2D eigenvalue weighted by Crippen LogP contribution is 2.25. The molecule has 1 N–H and O–H groups in total. The number of nitrogens with one attached hydrogen (secondary N) is 1. The van der Waals surface area contributed by atoms with Gasteiger partial charge in [-0.1, -0.05) is 18.5 Å². The lowest BCUT2D eigenvalue weighted by atomic mass is 10.2. The Morgan fingerprint density at radius 1 is 1.37 bits per heavy atom. The second-order valence-corrected chi connectivity index (χ2v) is 6.26. The predicted octanol–water partition coefficient (Wildman–Crippen LogP) is 4.63. The third kappa shape index (κ3) is 3.91. The molecule has 2 rings (SSSR count). The maximum absolute atomic E-state index is 6.03. The summed E-state index contributed by atoms with van der Waals surface area (Å²) in [4.78, 5) is 11.3. The van der Waals surface area contributed by atoms with E-state index >= 15 is 0 Å². The first-order chi connectivity index (χ1) is 9.08. The third-order valence-corrected chi connectivity index (χ3v) is 4.14. The van der Waals surface area contributed by atoms with Crippen LogP contribution in [0.1, 0.15) is 41.9 Å². The van der Waals surface area contributed by atoms with Gasteiger partial charge in [-0.25, -0.2) is 9.97 Å². The van der Waals surface area contributed by atoms with Crippen molar-refractivity contribution < 1.29 is 0 Å². The Kier molecular flexibility index (Phi) is 4.77. The van der Waals surface area contributed by atoms with Crippen molar-refractivity contribution in [3.63, 3.8) is 0 Å². The van der Waals surface area contributed by atoms with E-state index in [0.717, 1.165) is 24.5 Å². The minimum Gasteiger partial charge on any atom is -0.363 e. The van der Waals surface area contributed by atoms with Gasteiger partial charge in [-0.05, 0) is 32.4 Å². The van der Waals surface area contributed by atoms with Gasteiger partial charge in [0.2, 0.25) is 0 Å². The lowest BCUT2D eigenvalue weighted by molar-refractivity contribution is 0.823. The van der Waals surface area contributed by atoms with Gasteiger partial charge in [0.25, 0.3) is 0 Å². The number of aryl methyl sites for hydroxylation is 2. The van der Waals surface area contributed by atoms with Gasteiger partial charge in [-0.3, -0.25) is 0 Å². The first-order valence-electron chi connectivity index (χ1n) is 6.45. The molecule has 0 spiro atoms. The molecule has 0 saturated heterocycles. The monoisotopic (exact) mass is 295 g/mol. The minimum atomic E-state index is 0.221. The molecule has 1 unspecified atom stereocenters. The Morgan fingerprint density at radius 2 is 2.16 bits per heavy atom. The molecule has 102 valence electrons. The largest absolute Gasteiger partial charge is 0.363 e. The highest BCUT2D eigenvalue weighted by atomic mass is 35.5. The molecule has 1 atom stereocenters. The summed E-state index contributed by atoms with van der Waals surface area (Å²) in [5.74, 6) is 1.59. The summed E-state index contributed by atoms with van der Waals surface area (Å²) in [7, 11) is 0. The second-order valence-electron chi connectivity index (χ2n) is 4.56. The number of anilines is 1. The van der Waals surface area contributed by atoms with Crippen molar-refractivity contribution >= 4 is 28.8 Å². The Bertz CT molecular complexity index is 553. The second kappa shape index (κ2) is 6.35. The topological polar surface area (TPSA) is 37.8 Å². The van der Waals surface area contributed by atoms with E-state index in [-0.39, 0.29) is 6.04 Å². The van der Waals surface area contributed by atoms with E-state index in [1.54, 1.807) is 17.4 Å². The van der Waals surface area contributed by atoms with Crippen molar-refractivity contribution in [2.24, 2.45) is 0 Å². The van der Waals surface area contributed by atoms with Gasteiger partial charge in [0.1, 0.15) is 16.8 Å². The Balaban J connectivity index is 2.14. The van der Waals surface area contributed by atoms with Crippen molar-refractivity contribution in [3.8, 4) is 0 Å². The molecule has 0 radical (unpaired) electrons. The Hall–Kier alpha value is -1.13. The van der Waals surface area contributed by atoms with Crippen LogP contribution in [0.3, 0.4) is 0 Å². The Morgan fingerprint density at radius 3 is 2.79 bits per heavy atom. The van der Waals surface area contributed by atoms with Gasteiger partial charge in [0, 0.05) is 22.2 Å². The molecule has 5 heteroatoms. The number of hydrogen-bond donors (Lipinski definition) is 1. The summed E-state index contributed by atoms with van der Waals surface area (Å²) in [6.07, 6.45) is 1.86. The molecular formula is C14H18ClN3S. The van der Waals surface area contributed by atoms with E-state index in [2.05, 4.69) is 48.2 Å². The summed E-state index contributed by atoms with van der Waals surface area (Å²) in [6, 6.07) is 6.28. The molecule has 0 aliphatic rings. The molecule has 0 fully saturated rings. The van der Waals surface area contributed by atoms with Gasteiger partial charge in [0.15, 0.2) is 0 Å². The molecule has 0 aromatic carbocycles. The maximum atomic E-state index is 6.03. The lowest BCUT2D eigenvalue weighted by Gasteiger charge is -2.13. The van der Waals surface area contributed by atoms with Crippen molar-refractivity contribution in [2.75, 3.05) is 5.32 Å². The summed E-state index contributed by atoms with van der Waals surface area (Å²) >= 11 is 7.83. The molecule has 0 aliphatic carbocycles. The van der Waals surface area contributed by atoms with Crippen molar-refractivity contribution in [3.05, 3.63) is 38.9 Å². The van der Waals surface area contributed by atoms with Crippen LogP contribution in [0.25, 0.3) is 0 Å². The van der Waals surface area contributed by atoms with Crippen LogP contribution >= 0.6 is 22.9 Å². The number of rotatable bonds is 5. The maximum Gasteiger partial charge on any atom is 0.134 e. The van der Waals surface area contributed by atoms with Gasteiger partial charge in [-0.2, -0.15) is 0 Å². The Labute approximate surface area is 123 Å². The highest BCUT2D eigenvalue weighted by Gasteiger charge is 2.10. The van der Waals surface area contributed by atoms with Crippen LogP contribution in [0, 0.1) is 6.92 Å². The normalized spacial score (nSPS) is 12.4. The van der Waals surface area contributed by atoms with Crippen LogP contribution in [-0.2, 0) is 6.42 Å². The average Bonchev–Trinajstić information content (AvgIpc) is 2.75. The fraction of sp³-hybridized carbons (Fsp3) is 0.429. The number of hydrogen-bond acceptors (Lipinski definition) is 4. The molecular weight excluding hydrogens is 278 g/mol. The molecule has 0 amide bonds. The van der Waals surface area contributed by atoms with Gasteiger partial charge in [-0.15, -0.1) is 11.3 Å². The standard InChI is InChI=1S/C14H18ClN3S/c1-4-5-13-17-12(15)8-14(18-13)16-10(3)11-7-6-9(2)19-11/h6-8,10H,4-5H2,1-3H3,(H,16,17,18). The summed E-state index contributed by atoms with van der Waals surface area (Å²) < 4.78 is 0. The van der Waals surface area contributed by atoms with Crippen LogP contribution in [0.15, 0.2) is 18.2 Å². The number of aromatic nitrogens is 2. The molecule has 0 saturated carbocycles. The van der Waals surface area contributed by atoms with E-state index in [9.17, 15) is 0 Å². The third-order valence-electron chi connectivity index (χ3n) is 2.77. The zero-order valence-corrected chi connectivity index (χ0v) is 13.0. The molecule has 0 aliphatic heterocycles. The SMILES string of the molecule is CCCc1nc(Cl)cc(NC(C)c2ccc(C)s2)n1. The fourth-order valence-corrected chi connectivity index (χ4v) is 2.93. The van der Waals surface area contributed by atoms with Crippen LogP contribution < -0.4 is 5.32 Å². The number of nitrogens with zero attached hydrogens (tertiary/aromatic N) is 2. The van der Waals surface area contributed by atoms with Gasteiger partial charge >= 0.3 is 0 Å². The van der Waals surface area contributed by atoms with E-state index in [1.165, 1.54) is 9.75 Å². The fourth-order valence-electron chi connectivity index (χ4n) is 1.85. The van der Waals surface area contributed by atoms with Gasteiger partial charge in [0.05, 0.1) is 6.04 Å². The quantitative estimate of drug-likeness (QED) is 0.818. The smallest absolute Gasteiger partial charge is 0.134 e. The summed E-state index contributed by atoms with van der Waals surface area (Å²) in [6.45, 7) is 6.34. The first-order valence-corrected chi connectivity index (χ1v) is 7.64. The van der Waals surface area contributed by atoms with E-state index < -0.39 is 0 Å². The van der Waals surface area contributed by atoms with E-state index in [1.807, 2.05) is 0 Å². The van der Waals surface area contributed by atoms with Crippen LogP contribution in [-0.4, -0.2) is 9.97 Å². The minimum absolute atomic E-state index is 0.221. The van der Waals surface area contributed by atoms with E-state index in [0.29, 0.717) is 5.15 Å². The molecule has 0 bridgehead atoms. The summed E-state index contributed by atoms with van der Waals surface area (Å²) in [5.41, 5.74) is 0. The van der Waals surface area contributed by atoms with E-state index in [4.69, 9.17) is 11.6 Å². The molecule has 2 aromatic rings. The van der Waals surface area contributed by atoms with Crippen molar-refractivity contribution in [2.45, 2.75) is 39.7 Å². The number of halogens is 1. The molecule has 2 aromatic heterocycles. The van der Waals surface area contributed by atoms with Crippen LogP contribution in [0.2, 0.25) is 5.15 Å². The van der Waals surface area contributed by atoms with Crippen molar-refractivity contribution in [1.29, 1.82) is 0 Å². The van der Waals surface area contributed by atoms with Crippen LogP contribution in [0.5, 0.6) is 0 Å². The predicted molar refractivity (Wildman–Crippen MR) is 82.1 cm³/mol. The first kappa shape index (κ1) is 14.3. The average molecular weight is 296 g/mol. The zero-order chi connectivity index (χ0) is 13.8. The van der Waals surface area contributed by atoms with Crippen molar-refractivity contribution in [1.82, 2.24) is 9.97 Å².